The van der Waals surface area contributed by atoms with Gasteiger partial charge in [-0.25, -0.2) is 0 Å². The number of hydrogen-bond acceptors (Lipinski definition) is 4. The van der Waals surface area contributed by atoms with Crippen LogP contribution in [0.2, 0.25) is 0 Å². The molecule has 2 aliphatic rings. The van der Waals surface area contributed by atoms with Crippen LogP contribution in [0, 0.1) is 18.8 Å². The summed E-state index contributed by atoms with van der Waals surface area (Å²) < 4.78 is 4.89. The number of anilines is 2. The number of nitrogens with one attached hydrogen (secondary N) is 2. The highest BCUT2D eigenvalue weighted by molar-refractivity contribution is 5.96. The van der Waals surface area contributed by atoms with E-state index in [0.29, 0.717) is 31.6 Å². The van der Waals surface area contributed by atoms with E-state index in [2.05, 4.69) is 10.6 Å². The fraction of sp³-hybridized carbons (Fsp3) is 0.591. The molecule has 1 aromatic carbocycles. The van der Waals surface area contributed by atoms with E-state index in [1.165, 1.54) is 7.11 Å². The maximum atomic E-state index is 12.7. The van der Waals surface area contributed by atoms with E-state index in [0.717, 1.165) is 36.9 Å². The van der Waals surface area contributed by atoms with Crippen molar-refractivity contribution in [3.63, 3.8) is 0 Å². The number of ether oxygens (including phenoxy) is 1. The summed E-state index contributed by atoms with van der Waals surface area (Å²) in [5.74, 6) is -0.0334. The number of methoxy groups -OCH3 is 1. The van der Waals surface area contributed by atoms with E-state index in [4.69, 9.17) is 4.74 Å². The zero-order valence-corrected chi connectivity index (χ0v) is 17.3. The maximum absolute atomic E-state index is 12.7. The van der Waals surface area contributed by atoms with Gasteiger partial charge in [0.1, 0.15) is 6.61 Å². The SMILES string of the molecule is COCC(=O)N1CCC(C(=O)Nc2cc(NC(=O)C3CCCC3)ccc2C)CC1. The maximum Gasteiger partial charge on any atom is 0.248 e. The lowest BCUT2D eigenvalue weighted by Gasteiger charge is -2.31. The minimum Gasteiger partial charge on any atom is -0.375 e. The van der Waals surface area contributed by atoms with Gasteiger partial charge in [0.15, 0.2) is 0 Å². The summed E-state index contributed by atoms with van der Waals surface area (Å²) in [6, 6.07) is 5.61. The van der Waals surface area contributed by atoms with Crippen LogP contribution in [0.3, 0.4) is 0 Å². The van der Waals surface area contributed by atoms with Crippen molar-refractivity contribution < 1.29 is 19.1 Å². The first-order valence-corrected chi connectivity index (χ1v) is 10.5. The third-order valence-corrected chi connectivity index (χ3v) is 5.98. The second kappa shape index (κ2) is 9.87. The average molecular weight is 402 g/mol. The quantitative estimate of drug-likeness (QED) is 0.767. The van der Waals surface area contributed by atoms with E-state index >= 15 is 0 Å². The summed E-state index contributed by atoms with van der Waals surface area (Å²) in [6.45, 7) is 3.15. The van der Waals surface area contributed by atoms with E-state index in [1.807, 2.05) is 25.1 Å². The summed E-state index contributed by atoms with van der Waals surface area (Å²) in [6.07, 6.45) is 5.41. The van der Waals surface area contributed by atoms with Crippen LogP contribution in [0.4, 0.5) is 11.4 Å². The molecule has 1 saturated carbocycles. The predicted molar refractivity (Wildman–Crippen MR) is 112 cm³/mol. The van der Waals surface area contributed by atoms with Crippen LogP contribution in [0.1, 0.15) is 44.1 Å². The summed E-state index contributed by atoms with van der Waals surface area (Å²) in [5, 5.41) is 6.00. The molecule has 1 aromatic rings. The third-order valence-electron chi connectivity index (χ3n) is 5.98. The van der Waals surface area contributed by atoms with Crippen LogP contribution in [0.15, 0.2) is 18.2 Å². The highest BCUT2D eigenvalue weighted by Crippen LogP contribution is 2.28. The zero-order valence-electron chi connectivity index (χ0n) is 17.3. The largest absolute Gasteiger partial charge is 0.375 e. The van der Waals surface area contributed by atoms with E-state index in [1.54, 1.807) is 4.90 Å². The molecule has 1 heterocycles. The Morgan fingerprint density at radius 3 is 2.28 bits per heavy atom. The van der Waals surface area contributed by atoms with E-state index in [-0.39, 0.29) is 36.2 Å². The summed E-state index contributed by atoms with van der Waals surface area (Å²) >= 11 is 0. The second-order valence-corrected chi connectivity index (χ2v) is 8.08. The number of rotatable bonds is 6. The first-order valence-electron chi connectivity index (χ1n) is 10.5. The van der Waals surface area contributed by atoms with Gasteiger partial charge in [-0.2, -0.15) is 0 Å². The van der Waals surface area contributed by atoms with E-state index in [9.17, 15) is 14.4 Å². The molecule has 0 bridgehead atoms. The van der Waals surface area contributed by atoms with Gasteiger partial charge in [0.25, 0.3) is 0 Å². The van der Waals surface area contributed by atoms with Crippen molar-refractivity contribution in [2.45, 2.75) is 45.4 Å². The molecule has 158 valence electrons. The van der Waals surface area contributed by atoms with Crippen LogP contribution in [0.5, 0.6) is 0 Å². The number of amides is 3. The topological polar surface area (TPSA) is 87.7 Å². The van der Waals surface area contributed by atoms with Gasteiger partial charge in [-0.15, -0.1) is 0 Å². The highest BCUT2D eigenvalue weighted by Gasteiger charge is 2.27. The normalized spacial score (nSPS) is 17.9. The number of carbonyl (C=O) groups excluding carboxylic acids is 3. The lowest BCUT2D eigenvalue weighted by Crippen LogP contribution is -2.42. The third kappa shape index (κ3) is 5.56. The van der Waals surface area contributed by atoms with Crippen LogP contribution in [-0.4, -0.2) is 49.4 Å². The number of hydrogen-bond donors (Lipinski definition) is 2. The molecule has 1 aliphatic heterocycles. The lowest BCUT2D eigenvalue weighted by atomic mass is 9.95. The van der Waals surface area contributed by atoms with Crippen LogP contribution >= 0.6 is 0 Å². The molecular weight excluding hydrogens is 370 g/mol. The monoisotopic (exact) mass is 401 g/mol. The zero-order chi connectivity index (χ0) is 20.8. The Morgan fingerprint density at radius 1 is 1.00 bits per heavy atom. The van der Waals surface area contributed by atoms with Crippen LogP contribution in [-0.2, 0) is 19.1 Å². The Labute approximate surface area is 172 Å². The second-order valence-electron chi connectivity index (χ2n) is 8.08. The van der Waals surface area contributed by atoms with Gasteiger partial charge >= 0.3 is 0 Å². The van der Waals surface area contributed by atoms with Crippen molar-refractivity contribution in [3.05, 3.63) is 23.8 Å². The molecule has 3 amide bonds. The van der Waals surface area contributed by atoms with Crippen molar-refractivity contribution in [1.82, 2.24) is 4.90 Å². The molecule has 7 nitrogen and oxygen atoms in total. The number of likely N-dealkylation sites (tertiary alicyclic amines) is 1. The molecule has 1 saturated heterocycles. The minimum atomic E-state index is -0.127. The number of aryl methyl sites for hydroxylation is 1. The van der Waals surface area contributed by atoms with Crippen LogP contribution < -0.4 is 10.6 Å². The Morgan fingerprint density at radius 2 is 1.62 bits per heavy atom. The molecule has 3 rings (SSSR count). The predicted octanol–water partition coefficient (Wildman–Crippen LogP) is 2.95. The molecule has 0 radical (unpaired) electrons. The smallest absolute Gasteiger partial charge is 0.248 e. The van der Waals surface area contributed by atoms with Crippen LogP contribution in [0.25, 0.3) is 0 Å². The summed E-state index contributed by atoms with van der Waals surface area (Å²) in [4.78, 5) is 38.8. The summed E-state index contributed by atoms with van der Waals surface area (Å²) in [5.41, 5.74) is 2.38. The van der Waals surface area contributed by atoms with Gasteiger partial charge in [0.05, 0.1) is 0 Å². The molecule has 0 aromatic heterocycles. The standard InChI is InChI=1S/C22H31N3O4/c1-15-7-8-18(23-21(27)16-5-3-4-6-16)13-19(15)24-22(28)17-9-11-25(12-10-17)20(26)14-29-2/h7-8,13,16-17H,3-6,9-12,14H2,1-2H3,(H,23,27)(H,24,28). The fourth-order valence-corrected chi connectivity index (χ4v) is 4.11. The van der Waals surface area contributed by atoms with Crippen molar-refractivity contribution in [2.24, 2.45) is 11.8 Å². The van der Waals surface area contributed by atoms with Crippen molar-refractivity contribution in [2.75, 3.05) is 37.4 Å². The summed E-state index contributed by atoms with van der Waals surface area (Å²) in [7, 11) is 1.50. The Kier molecular flexibility index (Phi) is 7.25. The molecule has 0 unspecified atom stereocenters. The van der Waals surface area contributed by atoms with Gasteiger partial charge < -0.3 is 20.3 Å². The number of piperidine rings is 1. The van der Waals surface area contributed by atoms with Gasteiger partial charge in [0, 0.05) is 43.4 Å². The first-order chi connectivity index (χ1) is 14.0. The van der Waals surface area contributed by atoms with Gasteiger partial charge in [-0.05, 0) is 50.3 Å². The Balaban J connectivity index is 1.56. The van der Waals surface area contributed by atoms with Gasteiger partial charge in [0.2, 0.25) is 17.7 Å². The number of benzene rings is 1. The molecule has 29 heavy (non-hydrogen) atoms. The molecule has 2 N–H and O–H groups in total. The Bertz CT molecular complexity index is 750. The van der Waals surface area contributed by atoms with Crippen molar-refractivity contribution in [1.29, 1.82) is 0 Å². The fourth-order valence-electron chi connectivity index (χ4n) is 4.11. The minimum absolute atomic E-state index is 0.0343. The molecule has 1 aliphatic carbocycles. The Hall–Kier alpha value is -2.41. The molecule has 0 spiro atoms. The van der Waals surface area contributed by atoms with Crippen molar-refractivity contribution in [3.8, 4) is 0 Å². The number of carbonyl (C=O) groups is 3. The van der Waals surface area contributed by atoms with E-state index < -0.39 is 0 Å². The molecule has 2 fully saturated rings. The number of nitrogens with zero attached hydrogens (tertiary/aromatic N) is 1. The molecule has 7 heteroatoms. The molecular formula is C22H31N3O4. The highest BCUT2D eigenvalue weighted by atomic mass is 16.5. The first kappa shape index (κ1) is 21.3. The lowest BCUT2D eigenvalue weighted by molar-refractivity contribution is -0.138. The molecule has 0 atom stereocenters. The average Bonchev–Trinajstić information content (AvgIpc) is 3.26. The van der Waals surface area contributed by atoms with Gasteiger partial charge in [-0.3, -0.25) is 14.4 Å². The van der Waals surface area contributed by atoms with Gasteiger partial charge in [-0.1, -0.05) is 18.9 Å². The van der Waals surface area contributed by atoms with Crippen molar-refractivity contribution >= 4 is 29.1 Å².